The van der Waals surface area contributed by atoms with Gasteiger partial charge in [-0.25, -0.2) is 0 Å². The Bertz CT molecular complexity index is 293. The molecule has 2 fully saturated rings. The first-order valence-corrected chi connectivity index (χ1v) is 7.18. The fraction of sp³-hybridized carbons (Fsp3) is 0.625. The van der Waals surface area contributed by atoms with Crippen LogP contribution in [0.3, 0.4) is 0 Å². The van der Waals surface area contributed by atoms with Gasteiger partial charge >= 0.3 is 0 Å². The molecule has 3 rings (SSSR count). The number of para-hydroxylation sites is 1. The Kier molecular flexibility index (Phi) is 5.54. The molecule has 1 aliphatic heterocycles. The van der Waals surface area contributed by atoms with Crippen LogP contribution < -0.4 is 4.90 Å². The molecule has 1 aliphatic carbocycles. The van der Waals surface area contributed by atoms with E-state index in [1.54, 1.807) is 0 Å². The van der Waals surface area contributed by atoms with Crippen LogP contribution in [0.4, 0.5) is 5.69 Å². The zero-order chi connectivity index (χ0) is 12.7. The molecule has 0 N–H and O–H groups in total. The lowest BCUT2D eigenvalue weighted by molar-refractivity contribution is 0.0904. The molecule has 1 spiro atoms. The lowest BCUT2D eigenvalue weighted by Crippen LogP contribution is -2.59. The summed E-state index contributed by atoms with van der Waals surface area (Å²) in [6.45, 7) is 10.6. The Hall–Kier alpha value is -0.980. The van der Waals surface area contributed by atoms with Crippen molar-refractivity contribution in [1.82, 2.24) is 0 Å². The molecule has 1 heteroatoms. The highest BCUT2D eigenvalue weighted by Gasteiger charge is 2.47. The van der Waals surface area contributed by atoms with E-state index in [4.69, 9.17) is 0 Å². The number of nitrogens with zero attached hydrogens (tertiary/aromatic N) is 1. The predicted molar refractivity (Wildman–Crippen MR) is 77.6 cm³/mol. The van der Waals surface area contributed by atoms with Crippen LogP contribution in [0, 0.1) is 5.41 Å². The van der Waals surface area contributed by atoms with E-state index in [1.807, 2.05) is 27.7 Å². The van der Waals surface area contributed by atoms with Crippen molar-refractivity contribution in [2.75, 3.05) is 18.0 Å². The molecule has 0 unspecified atom stereocenters. The summed E-state index contributed by atoms with van der Waals surface area (Å²) >= 11 is 0. The number of hydrogen-bond donors (Lipinski definition) is 0. The predicted octanol–water partition coefficient (Wildman–Crippen LogP) is 4.73. The number of benzene rings is 1. The summed E-state index contributed by atoms with van der Waals surface area (Å²) < 4.78 is 0. The molecular weight excluding hydrogens is 206 g/mol. The molecule has 17 heavy (non-hydrogen) atoms. The Balaban J connectivity index is 0.000000330. The van der Waals surface area contributed by atoms with Gasteiger partial charge in [0.2, 0.25) is 0 Å². The van der Waals surface area contributed by atoms with Crippen molar-refractivity contribution < 1.29 is 0 Å². The van der Waals surface area contributed by atoms with E-state index in [-0.39, 0.29) is 0 Å². The fourth-order valence-corrected chi connectivity index (χ4v) is 2.58. The maximum absolute atomic E-state index is 2.50. The van der Waals surface area contributed by atoms with Crippen LogP contribution in [0.2, 0.25) is 0 Å². The standard InChI is InChI=1S/C12H15N.2C2H6/c1-2-5-11(6-3-1)13-9-12(10-13)7-4-8-12;2*1-2/h1-3,5-6H,4,7-10H2;2*1-2H3. The molecule has 1 saturated heterocycles. The molecule has 1 nitrogen and oxygen atoms in total. The minimum Gasteiger partial charge on any atom is -0.370 e. The van der Waals surface area contributed by atoms with E-state index in [0.29, 0.717) is 0 Å². The number of anilines is 1. The average molecular weight is 233 g/mol. The van der Waals surface area contributed by atoms with Crippen LogP contribution in [-0.2, 0) is 0 Å². The van der Waals surface area contributed by atoms with E-state index in [0.717, 1.165) is 5.41 Å². The Morgan fingerprint density at radius 2 is 1.41 bits per heavy atom. The quantitative estimate of drug-likeness (QED) is 0.678. The van der Waals surface area contributed by atoms with Gasteiger partial charge in [-0.05, 0) is 25.0 Å². The van der Waals surface area contributed by atoms with E-state index >= 15 is 0 Å². The largest absolute Gasteiger partial charge is 0.370 e. The molecule has 1 heterocycles. The normalized spacial score (nSPS) is 18.9. The maximum Gasteiger partial charge on any atom is 0.0366 e. The van der Waals surface area contributed by atoms with Crippen molar-refractivity contribution >= 4 is 5.69 Å². The minimum atomic E-state index is 0.746. The van der Waals surface area contributed by atoms with E-state index in [2.05, 4.69) is 35.2 Å². The second-order valence-electron chi connectivity index (χ2n) is 4.55. The Morgan fingerprint density at radius 1 is 0.882 bits per heavy atom. The van der Waals surface area contributed by atoms with E-state index < -0.39 is 0 Å². The number of hydrogen-bond acceptors (Lipinski definition) is 1. The summed E-state index contributed by atoms with van der Waals surface area (Å²) in [6, 6.07) is 10.8. The van der Waals surface area contributed by atoms with Gasteiger partial charge in [0.05, 0.1) is 0 Å². The summed E-state index contributed by atoms with van der Waals surface area (Å²) in [6.07, 6.45) is 4.40. The summed E-state index contributed by atoms with van der Waals surface area (Å²) in [5.74, 6) is 0. The molecule has 96 valence electrons. The summed E-state index contributed by atoms with van der Waals surface area (Å²) in [7, 11) is 0. The summed E-state index contributed by atoms with van der Waals surface area (Å²) in [5.41, 5.74) is 2.15. The van der Waals surface area contributed by atoms with Gasteiger partial charge in [0.25, 0.3) is 0 Å². The second-order valence-corrected chi connectivity index (χ2v) is 4.55. The van der Waals surface area contributed by atoms with Crippen molar-refractivity contribution in [2.45, 2.75) is 47.0 Å². The van der Waals surface area contributed by atoms with Crippen LogP contribution in [0.25, 0.3) is 0 Å². The van der Waals surface area contributed by atoms with Crippen LogP contribution in [-0.4, -0.2) is 13.1 Å². The average Bonchev–Trinajstić information content (AvgIpc) is 2.32. The van der Waals surface area contributed by atoms with Gasteiger partial charge in [-0.2, -0.15) is 0 Å². The van der Waals surface area contributed by atoms with Gasteiger partial charge in [0, 0.05) is 24.2 Å². The monoisotopic (exact) mass is 233 g/mol. The van der Waals surface area contributed by atoms with Crippen molar-refractivity contribution in [3.8, 4) is 0 Å². The van der Waals surface area contributed by atoms with Gasteiger partial charge in [0.1, 0.15) is 0 Å². The first-order valence-electron chi connectivity index (χ1n) is 7.18. The summed E-state index contributed by atoms with van der Waals surface area (Å²) in [4.78, 5) is 2.50. The molecule has 0 radical (unpaired) electrons. The van der Waals surface area contributed by atoms with Crippen LogP contribution in [0.5, 0.6) is 0 Å². The molecule has 0 amide bonds. The highest BCUT2D eigenvalue weighted by Crippen LogP contribution is 2.49. The Labute approximate surface area is 107 Å². The molecule has 1 aromatic rings. The third-order valence-corrected chi connectivity index (χ3v) is 3.59. The highest BCUT2D eigenvalue weighted by molar-refractivity contribution is 5.49. The molecule has 1 aromatic carbocycles. The van der Waals surface area contributed by atoms with Crippen LogP contribution in [0.1, 0.15) is 47.0 Å². The van der Waals surface area contributed by atoms with Crippen molar-refractivity contribution in [1.29, 1.82) is 0 Å². The number of rotatable bonds is 1. The first kappa shape index (κ1) is 14.1. The topological polar surface area (TPSA) is 3.24 Å². The van der Waals surface area contributed by atoms with Crippen LogP contribution in [0.15, 0.2) is 30.3 Å². The van der Waals surface area contributed by atoms with Gasteiger partial charge < -0.3 is 4.90 Å². The zero-order valence-corrected chi connectivity index (χ0v) is 11.9. The fourth-order valence-electron chi connectivity index (χ4n) is 2.58. The minimum absolute atomic E-state index is 0.746. The molecule has 0 aromatic heterocycles. The van der Waals surface area contributed by atoms with Crippen molar-refractivity contribution in [3.05, 3.63) is 30.3 Å². The van der Waals surface area contributed by atoms with Crippen molar-refractivity contribution in [2.24, 2.45) is 5.41 Å². The molecular formula is C16H27N. The molecule has 2 aliphatic rings. The van der Waals surface area contributed by atoms with Gasteiger partial charge in [-0.15, -0.1) is 0 Å². The Morgan fingerprint density at radius 3 is 1.82 bits per heavy atom. The van der Waals surface area contributed by atoms with Crippen molar-refractivity contribution in [3.63, 3.8) is 0 Å². The maximum atomic E-state index is 2.50. The third-order valence-electron chi connectivity index (χ3n) is 3.59. The molecule has 0 bridgehead atoms. The lowest BCUT2D eigenvalue weighted by Gasteiger charge is -2.57. The van der Waals surface area contributed by atoms with Crippen LogP contribution >= 0.6 is 0 Å². The smallest absolute Gasteiger partial charge is 0.0366 e. The third kappa shape index (κ3) is 3.02. The van der Waals surface area contributed by atoms with E-state index in [1.165, 1.54) is 38.0 Å². The molecule has 1 saturated carbocycles. The summed E-state index contributed by atoms with van der Waals surface area (Å²) in [5, 5.41) is 0. The first-order chi connectivity index (χ1) is 8.38. The van der Waals surface area contributed by atoms with E-state index in [9.17, 15) is 0 Å². The van der Waals surface area contributed by atoms with Gasteiger partial charge in [-0.3, -0.25) is 0 Å². The zero-order valence-electron chi connectivity index (χ0n) is 11.9. The highest BCUT2D eigenvalue weighted by atomic mass is 15.2. The van der Waals surface area contributed by atoms with Gasteiger partial charge in [0.15, 0.2) is 0 Å². The lowest BCUT2D eigenvalue weighted by atomic mass is 9.63. The molecule has 0 atom stereocenters. The second kappa shape index (κ2) is 6.68. The van der Waals surface area contributed by atoms with Gasteiger partial charge in [-0.1, -0.05) is 52.3 Å². The SMILES string of the molecule is CC.CC.c1ccc(N2CC3(CCC3)C2)cc1.